The molecule has 2 amide bonds. The maximum absolute atomic E-state index is 11.6. The third kappa shape index (κ3) is 10.6. The van der Waals surface area contributed by atoms with Gasteiger partial charge in [-0.05, 0) is 0 Å². The van der Waals surface area contributed by atoms with E-state index in [2.05, 4.69) is 91.5 Å². The van der Waals surface area contributed by atoms with Gasteiger partial charge in [-0.15, -0.1) is 59.3 Å². The van der Waals surface area contributed by atoms with Gasteiger partial charge in [0.05, 0.1) is 0 Å². The summed E-state index contributed by atoms with van der Waals surface area (Å²) in [6.07, 6.45) is 0. The van der Waals surface area contributed by atoms with Crippen LogP contribution in [0.3, 0.4) is 0 Å². The Morgan fingerprint density at radius 1 is 0.647 bits per heavy atom. The van der Waals surface area contributed by atoms with Crippen LogP contribution in [0, 0.1) is 0 Å². The Balaban J connectivity index is 0.000000261. The average molecular weight is 669 g/mol. The summed E-state index contributed by atoms with van der Waals surface area (Å²) in [5.74, 6) is 0. The van der Waals surface area contributed by atoms with Gasteiger partial charge in [-0.1, -0.05) is 12.1 Å². The van der Waals surface area contributed by atoms with E-state index in [4.69, 9.17) is 0 Å². The van der Waals surface area contributed by atoms with Crippen LogP contribution in [0.25, 0.3) is 21.5 Å². The molecule has 0 fully saturated rings. The molecule has 0 aliphatic carbocycles. The normalized spacial score (nSPS) is 10.6. The third-order valence-electron chi connectivity index (χ3n) is 4.86. The first-order chi connectivity index (χ1) is 15.5. The van der Waals surface area contributed by atoms with Gasteiger partial charge in [0.25, 0.3) is 0 Å². The molecule has 1 radical (unpaired) electrons. The van der Waals surface area contributed by atoms with Crippen LogP contribution >= 0.6 is 0 Å². The SMILES string of the molecule is C[Si](C)(C)C(=O)[NH][In][NH]C(=O)[Si](C)(C)C.[Zr+2].c1ccc2[cH-]ccc2c1.c1ccc2[cH-]ccc2c1. The molecule has 0 aromatic heterocycles. The molecule has 0 aliphatic heterocycles. The van der Waals surface area contributed by atoms with E-state index in [1.807, 2.05) is 39.3 Å². The molecule has 4 aromatic carbocycles. The van der Waals surface area contributed by atoms with Crippen LogP contribution < -0.4 is 6.61 Å². The van der Waals surface area contributed by atoms with Crippen molar-refractivity contribution in [1.29, 1.82) is 0 Å². The number of hydrogen-bond acceptors (Lipinski definition) is 2. The Kier molecular flexibility index (Phi) is 13.0. The molecule has 0 saturated carbocycles. The van der Waals surface area contributed by atoms with E-state index in [1.54, 1.807) is 0 Å². The number of carbonyl (C=O) groups excluding carboxylic acids is 2. The minimum Gasteiger partial charge on any atom is -0.168 e. The fourth-order valence-corrected chi connectivity index (χ4v) is 12.9. The van der Waals surface area contributed by atoms with Crippen molar-refractivity contribution >= 4 is 72.2 Å². The molecular formula is C26H34InN2O2Si2Zr. The summed E-state index contributed by atoms with van der Waals surface area (Å²) in [5, 5.41) is 5.32. The van der Waals surface area contributed by atoms with Crippen LogP contribution in [-0.2, 0) is 26.2 Å². The molecule has 2 N–H and O–H groups in total. The number of benzene rings is 2. The molecule has 0 unspecified atom stereocenters. The Morgan fingerprint density at radius 2 is 1.00 bits per heavy atom. The predicted octanol–water partition coefficient (Wildman–Crippen LogP) is 6.89. The molecule has 0 atom stereocenters. The number of rotatable bonds is 4. The molecule has 0 spiro atoms. The van der Waals surface area contributed by atoms with Gasteiger partial charge in [0, 0.05) is 0 Å². The van der Waals surface area contributed by atoms with Gasteiger partial charge < -0.3 is 0 Å². The molecule has 175 valence electrons. The van der Waals surface area contributed by atoms with E-state index < -0.39 is 39.6 Å². The quantitative estimate of drug-likeness (QED) is 0.184. The molecule has 4 nitrogen and oxygen atoms in total. The van der Waals surface area contributed by atoms with E-state index in [1.165, 1.54) is 21.5 Å². The van der Waals surface area contributed by atoms with E-state index in [0.29, 0.717) is 0 Å². The summed E-state index contributed by atoms with van der Waals surface area (Å²) in [5.41, 5.74) is 0.333. The van der Waals surface area contributed by atoms with Crippen LogP contribution in [0.4, 0.5) is 9.59 Å². The zero-order valence-corrected chi connectivity index (χ0v) is 28.7. The fourth-order valence-electron chi connectivity index (χ4n) is 2.74. The molecule has 0 bridgehead atoms. The second-order valence-electron chi connectivity index (χ2n) is 9.90. The predicted molar refractivity (Wildman–Crippen MR) is 149 cm³/mol. The molecule has 4 aromatic rings. The molecule has 4 rings (SSSR count). The van der Waals surface area contributed by atoms with Crippen molar-refractivity contribution in [1.82, 2.24) is 6.61 Å². The monoisotopic (exact) mass is 667 g/mol. The van der Waals surface area contributed by atoms with Gasteiger partial charge in [-0.25, -0.2) is 0 Å². The maximum atomic E-state index is 11.6. The van der Waals surface area contributed by atoms with Crippen molar-refractivity contribution in [2.45, 2.75) is 39.3 Å². The molecule has 8 heteroatoms. The Bertz CT molecular complexity index is 1020. The minimum atomic E-state index is -1.72. The van der Waals surface area contributed by atoms with Crippen LogP contribution in [-0.4, -0.2) is 50.7 Å². The van der Waals surface area contributed by atoms with Crippen molar-refractivity contribution in [3.63, 3.8) is 0 Å². The van der Waals surface area contributed by atoms with Gasteiger partial charge in [-0.2, -0.15) is 35.0 Å². The number of nitrogens with one attached hydrogen (secondary N) is 2. The Morgan fingerprint density at radius 3 is 1.32 bits per heavy atom. The number of fused-ring (bicyclic) bond motifs is 2. The van der Waals surface area contributed by atoms with E-state index >= 15 is 0 Å². The van der Waals surface area contributed by atoms with Gasteiger partial charge in [0.1, 0.15) is 0 Å². The van der Waals surface area contributed by atoms with Crippen LogP contribution in [0.1, 0.15) is 0 Å². The molecule has 0 saturated heterocycles. The summed E-state index contributed by atoms with van der Waals surface area (Å²) < 4.78 is 5.86. The topological polar surface area (TPSA) is 58.2 Å². The average Bonchev–Trinajstić information content (AvgIpc) is 3.42. The zero-order valence-electron chi connectivity index (χ0n) is 21.0. The summed E-state index contributed by atoms with van der Waals surface area (Å²) in [7, 11) is -3.44. The number of amides is 2. The van der Waals surface area contributed by atoms with Gasteiger partial charge >= 0.3 is 132 Å². The summed E-state index contributed by atoms with van der Waals surface area (Å²) in [6.45, 7) is 12.0. The second kappa shape index (κ2) is 14.4. The van der Waals surface area contributed by atoms with Crippen molar-refractivity contribution < 1.29 is 35.8 Å². The second-order valence-corrected chi connectivity index (χ2v) is 22.3. The summed E-state index contributed by atoms with van der Waals surface area (Å²) in [6, 6.07) is 29.3. The van der Waals surface area contributed by atoms with Crippen LogP contribution in [0.5, 0.6) is 0 Å². The zero-order chi connectivity index (χ0) is 24.5. The van der Waals surface area contributed by atoms with E-state index in [0.717, 1.165) is 0 Å². The van der Waals surface area contributed by atoms with Crippen molar-refractivity contribution in [3.05, 3.63) is 84.9 Å². The van der Waals surface area contributed by atoms with Crippen LogP contribution in [0.15, 0.2) is 84.9 Å². The van der Waals surface area contributed by atoms with E-state index in [9.17, 15) is 9.59 Å². The minimum absolute atomic E-state index is 0. The van der Waals surface area contributed by atoms with Crippen molar-refractivity contribution in [2.75, 3.05) is 0 Å². The summed E-state index contributed by atoms with van der Waals surface area (Å²) >= 11 is -1.43. The fraction of sp³-hybridized carbons (Fsp3) is 0.231. The maximum Gasteiger partial charge on any atom is 2.00 e. The first kappa shape index (κ1) is 30.8. The first-order valence-electron chi connectivity index (χ1n) is 11.1. The Labute approximate surface area is 236 Å². The van der Waals surface area contributed by atoms with E-state index in [-0.39, 0.29) is 37.3 Å². The molecular weight excluding hydrogens is 635 g/mol. The van der Waals surface area contributed by atoms with Crippen LogP contribution in [0.2, 0.25) is 39.3 Å². The number of carbonyl (C=O) groups is 2. The largest absolute Gasteiger partial charge is 2.00 e. The smallest absolute Gasteiger partial charge is 0.168 e. The Hall–Kier alpha value is -1.21. The van der Waals surface area contributed by atoms with Crippen molar-refractivity contribution in [2.24, 2.45) is 0 Å². The molecule has 0 heterocycles. The third-order valence-corrected chi connectivity index (χ3v) is 11.8. The molecule has 0 aliphatic rings. The molecule has 34 heavy (non-hydrogen) atoms. The first-order valence-corrected chi connectivity index (χ1v) is 21.4. The van der Waals surface area contributed by atoms with Gasteiger partial charge in [0.15, 0.2) is 0 Å². The number of hydrogen-bond donors (Lipinski definition) is 2. The van der Waals surface area contributed by atoms with Crippen molar-refractivity contribution in [3.8, 4) is 0 Å². The van der Waals surface area contributed by atoms with Gasteiger partial charge in [0.2, 0.25) is 0 Å². The van der Waals surface area contributed by atoms with Gasteiger partial charge in [-0.3, -0.25) is 0 Å². The standard InChI is InChI=1S/2C9H7.2C4H11NOSi.In.Zr/c2*1-2-5-9-7-3-6-8(9)4-1;2*1-7(2,3)4(5)6;;/h2*1-7H;2*1-3H3,(H2,5,6);;/q2*-1;;;2*+2/p-2. The summed E-state index contributed by atoms with van der Waals surface area (Å²) in [4.78, 5) is 23.1.